The fraction of sp³-hybridized carbons (Fsp3) is 0.125. The first-order valence-electron chi connectivity index (χ1n) is 6.65. The fourth-order valence-electron chi connectivity index (χ4n) is 1.85. The van der Waals surface area contributed by atoms with Gasteiger partial charge < -0.3 is 0 Å². The van der Waals surface area contributed by atoms with E-state index in [2.05, 4.69) is 10.9 Å². The van der Waals surface area contributed by atoms with Crippen molar-refractivity contribution >= 4 is 11.8 Å². The summed E-state index contributed by atoms with van der Waals surface area (Å²) in [5.74, 6) is -2.31. The zero-order chi connectivity index (χ0) is 15.9. The third-order valence-electron chi connectivity index (χ3n) is 3.01. The minimum absolute atomic E-state index is 0.00150. The number of rotatable bonds is 4. The van der Waals surface area contributed by atoms with Crippen LogP contribution in [-0.2, 0) is 11.2 Å². The van der Waals surface area contributed by atoms with Crippen molar-refractivity contribution in [2.45, 2.75) is 12.8 Å². The lowest BCUT2D eigenvalue weighted by atomic mass is 10.1. The van der Waals surface area contributed by atoms with E-state index in [0.717, 1.165) is 6.07 Å². The lowest BCUT2D eigenvalue weighted by Gasteiger charge is -2.08. The monoisotopic (exact) mass is 304 g/mol. The van der Waals surface area contributed by atoms with Crippen LogP contribution in [0.15, 0.2) is 48.5 Å². The summed E-state index contributed by atoms with van der Waals surface area (Å²) < 4.78 is 26.7. The first kappa shape index (κ1) is 15.6. The first-order chi connectivity index (χ1) is 10.6. The van der Waals surface area contributed by atoms with Crippen molar-refractivity contribution in [3.05, 3.63) is 71.3 Å². The van der Waals surface area contributed by atoms with Gasteiger partial charge in [0, 0.05) is 6.42 Å². The molecule has 0 aromatic heterocycles. The Morgan fingerprint density at radius 3 is 2.18 bits per heavy atom. The van der Waals surface area contributed by atoms with Crippen LogP contribution >= 0.6 is 0 Å². The zero-order valence-electron chi connectivity index (χ0n) is 11.6. The minimum atomic E-state index is -0.752. The van der Waals surface area contributed by atoms with Crippen LogP contribution in [0.4, 0.5) is 8.78 Å². The topological polar surface area (TPSA) is 58.2 Å². The molecule has 2 aromatic rings. The molecule has 0 saturated carbocycles. The summed E-state index contributed by atoms with van der Waals surface area (Å²) in [6.45, 7) is 0. The van der Waals surface area contributed by atoms with E-state index in [1.165, 1.54) is 24.3 Å². The fourth-order valence-corrected chi connectivity index (χ4v) is 1.85. The van der Waals surface area contributed by atoms with Crippen LogP contribution in [0, 0.1) is 11.6 Å². The van der Waals surface area contributed by atoms with Crippen LogP contribution in [0.25, 0.3) is 0 Å². The molecular weight excluding hydrogens is 290 g/mol. The number of hydrogen-bond donors (Lipinski definition) is 2. The number of amides is 2. The smallest absolute Gasteiger partial charge is 0.272 e. The lowest BCUT2D eigenvalue weighted by Crippen LogP contribution is -2.42. The molecule has 0 saturated heterocycles. The molecule has 0 atom stereocenters. The van der Waals surface area contributed by atoms with E-state index >= 15 is 0 Å². The number of nitrogens with one attached hydrogen (secondary N) is 2. The van der Waals surface area contributed by atoms with E-state index in [1.807, 2.05) is 0 Å². The Labute approximate surface area is 126 Å². The van der Waals surface area contributed by atoms with E-state index in [-0.39, 0.29) is 24.2 Å². The molecule has 114 valence electrons. The average Bonchev–Trinajstić information content (AvgIpc) is 2.52. The van der Waals surface area contributed by atoms with Crippen LogP contribution in [0.5, 0.6) is 0 Å². The Balaban J connectivity index is 1.82. The third-order valence-corrected chi connectivity index (χ3v) is 3.01. The Bertz CT molecular complexity index is 689. The molecule has 0 heterocycles. The third kappa shape index (κ3) is 4.12. The number of hydrogen-bond acceptors (Lipinski definition) is 2. The summed E-state index contributed by atoms with van der Waals surface area (Å²) in [5.41, 5.74) is 4.53. The van der Waals surface area contributed by atoms with Crippen molar-refractivity contribution < 1.29 is 18.4 Å². The van der Waals surface area contributed by atoms with E-state index < -0.39 is 17.6 Å². The summed E-state index contributed by atoms with van der Waals surface area (Å²) >= 11 is 0. The van der Waals surface area contributed by atoms with Gasteiger partial charge in [-0.3, -0.25) is 20.4 Å². The van der Waals surface area contributed by atoms with Gasteiger partial charge in [-0.1, -0.05) is 30.3 Å². The molecule has 0 radical (unpaired) electrons. The van der Waals surface area contributed by atoms with Crippen LogP contribution in [0.1, 0.15) is 22.3 Å². The molecule has 22 heavy (non-hydrogen) atoms. The molecule has 0 fully saturated rings. The Morgan fingerprint density at radius 1 is 0.864 bits per heavy atom. The van der Waals surface area contributed by atoms with E-state index in [9.17, 15) is 18.4 Å². The molecule has 2 aromatic carbocycles. The maximum atomic E-state index is 13.4. The van der Waals surface area contributed by atoms with Gasteiger partial charge >= 0.3 is 0 Å². The molecule has 2 amide bonds. The second kappa shape index (κ2) is 7.31. The summed E-state index contributed by atoms with van der Waals surface area (Å²) in [5, 5.41) is 0. The maximum absolute atomic E-state index is 13.4. The minimum Gasteiger partial charge on any atom is -0.273 e. The first-order valence-corrected chi connectivity index (χ1v) is 6.65. The van der Waals surface area contributed by atoms with Gasteiger partial charge in [-0.2, -0.15) is 0 Å². The largest absolute Gasteiger partial charge is 0.273 e. The van der Waals surface area contributed by atoms with Crippen LogP contribution in [-0.4, -0.2) is 11.8 Å². The molecule has 0 bridgehead atoms. The molecular formula is C16H14F2N2O2. The summed E-state index contributed by atoms with van der Waals surface area (Å²) in [6.07, 6.45) is 0.201. The van der Waals surface area contributed by atoms with Gasteiger partial charge in [0.15, 0.2) is 0 Å². The predicted molar refractivity (Wildman–Crippen MR) is 76.7 cm³/mol. The summed E-state index contributed by atoms with van der Waals surface area (Å²) in [6, 6.07) is 11.6. The molecule has 0 aliphatic rings. The molecule has 0 aliphatic carbocycles. The van der Waals surface area contributed by atoms with Gasteiger partial charge in [0.25, 0.3) is 5.91 Å². The number of aryl methyl sites for hydroxylation is 1. The van der Waals surface area contributed by atoms with Crippen LogP contribution in [0.2, 0.25) is 0 Å². The Kier molecular flexibility index (Phi) is 5.19. The molecule has 6 heteroatoms. The maximum Gasteiger partial charge on any atom is 0.272 e. The van der Waals surface area contributed by atoms with E-state index in [1.54, 1.807) is 18.2 Å². The van der Waals surface area contributed by atoms with Crippen molar-refractivity contribution in [1.29, 1.82) is 0 Å². The van der Waals surface area contributed by atoms with Gasteiger partial charge in [-0.15, -0.1) is 0 Å². The molecule has 2 rings (SSSR count). The zero-order valence-corrected chi connectivity index (χ0v) is 11.6. The highest BCUT2D eigenvalue weighted by Crippen LogP contribution is 2.08. The van der Waals surface area contributed by atoms with Crippen molar-refractivity contribution in [2.24, 2.45) is 0 Å². The molecule has 0 unspecified atom stereocenters. The van der Waals surface area contributed by atoms with Gasteiger partial charge in [-0.25, -0.2) is 8.78 Å². The molecule has 0 aliphatic heterocycles. The van der Waals surface area contributed by atoms with Gasteiger partial charge in [0.05, 0.1) is 5.56 Å². The number of carbonyl (C=O) groups excluding carboxylic acids is 2. The second-order valence-electron chi connectivity index (χ2n) is 4.57. The van der Waals surface area contributed by atoms with Crippen molar-refractivity contribution in [3.63, 3.8) is 0 Å². The van der Waals surface area contributed by atoms with Crippen molar-refractivity contribution in [2.75, 3.05) is 0 Å². The summed E-state index contributed by atoms with van der Waals surface area (Å²) in [7, 11) is 0. The Morgan fingerprint density at radius 2 is 1.50 bits per heavy atom. The Hall–Kier alpha value is -2.76. The quantitative estimate of drug-likeness (QED) is 0.852. The number of halogens is 2. The van der Waals surface area contributed by atoms with Crippen LogP contribution in [0.3, 0.4) is 0 Å². The standard InChI is InChI=1S/C16H14F2N2O2/c17-13-7-3-1-5-11(13)9-10-15(21)19-20-16(22)12-6-2-4-8-14(12)18/h1-8H,9-10H2,(H,19,21)(H,20,22). The SMILES string of the molecule is O=C(CCc1ccccc1F)NNC(=O)c1ccccc1F. The molecule has 2 N–H and O–H groups in total. The van der Waals surface area contributed by atoms with Crippen molar-refractivity contribution in [3.8, 4) is 0 Å². The highest BCUT2D eigenvalue weighted by atomic mass is 19.1. The highest BCUT2D eigenvalue weighted by molar-refractivity contribution is 5.95. The van der Waals surface area contributed by atoms with E-state index in [0.29, 0.717) is 5.56 Å². The van der Waals surface area contributed by atoms with E-state index in [4.69, 9.17) is 0 Å². The lowest BCUT2D eigenvalue weighted by molar-refractivity contribution is -0.121. The van der Waals surface area contributed by atoms with Gasteiger partial charge in [-0.05, 0) is 30.2 Å². The number of carbonyl (C=O) groups is 2. The molecule has 4 nitrogen and oxygen atoms in total. The second-order valence-corrected chi connectivity index (χ2v) is 4.57. The van der Waals surface area contributed by atoms with Gasteiger partial charge in [0.1, 0.15) is 11.6 Å². The number of hydrazine groups is 1. The van der Waals surface area contributed by atoms with Crippen LogP contribution < -0.4 is 10.9 Å². The number of benzene rings is 2. The average molecular weight is 304 g/mol. The van der Waals surface area contributed by atoms with Crippen molar-refractivity contribution in [1.82, 2.24) is 10.9 Å². The van der Waals surface area contributed by atoms with Gasteiger partial charge in [0.2, 0.25) is 5.91 Å². The summed E-state index contributed by atoms with van der Waals surface area (Å²) in [4.78, 5) is 23.3. The molecule has 0 spiro atoms. The predicted octanol–water partition coefficient (Wildman–Crippen LogP) is 2.36. The normalized spacial score (nSPS) is 10.1. The highest BCUT2D eigenvalue weighted by Gasteiger charge is 2.12.